The third-order valence-corrected chi connectivity index (χ3v) is 2.19. The van der Waals surface area contributed by atoms with E-state index in [1.807, 2.05) is 0 Å². The maximum atomic E-state index is 4.12. The monoisotopic (exact) mass is 257 g/mol. The smallest absolute Gasteiger partial charge is 0 e. The predicted octanol–water partition coefficient (Wildman–Crippen LogP) is 4.26. The Morgan fingerprint density at radius 1 is 1.15 bits per heavy atom. The number of rotatable bonds is 1. The topological polar surface area (TPSA) is 0 Å². The van der Waals surface area contributed by atoms with Crippen molar-refractivity contribution < 1.29 is 32.7 Å². The molecule has 13 heavy (non-hydrogen) atoms. The van der Waals surface area contributed by atoms with Gasteiger partial charge in [-0.05, 0) is 5.92 Å². The number of hydrogen-bond acceptors (Lipinski definition) is 0. The van der Waals surface area contributed by atoms with E-state index in [9.17, 15) is 0 Å². The second kappa shape index (κ2) is 8.42. The van der Waals surface area contributed by atoms with Crippen LogP contribution in [-0.2, 0) is 32.7 Å². The van der Waals surface area contributed by atoms with E-state index in [0.717, 1.165) is 12.3 Å². The van der Waals surface area contributed by atoms with Crippen molar-refractivity contribution in [2.24, 2.45) is 11.3 Å². The van der Waals surface area contributed by atoms with Gasteiger partial charge in [-0.25, -0.2) is 6.42 Å². The zero-order chi connectivity index (χ0) is 9.61. The van der Waals surface area contributed by atoms with Crippen LogP contribution in [0, 0.1) is 25.2 Å². The van der Waals surface area contributed by atoms with Crippen molar-refractivity contribution in [1.82, 2.24) is 0 Å². The van der Waals surface area contributed by atoms with Gasteiger partial charge in [0.05, 0.1) is 0 Å². The average Bonchev–Trinajstić information content (AvgIpc) is 2.36. The second-order valence-corrected chi connectivity index (χ2v) is 4.69. The van der Waals surface area contributed by atoms with Crippen LogP contribution >= 0.6 is 0 Å². The van der Waals surface area contributed by atoms with Crippen molar-refractivity contribution in [2.45, 2.75) is 52.9 Å². The van der Waals surface area contributed by atoms with Crippen molar-refractivity contribution in [2.75, 3.05) is 0 Å². The Kier molecular flexibility index (Phi) is 10.7. The SMILES string of the molecule is CC(C)C.[CH2-]CC1([CH2-])CCCC1.[Y]. The molecule has 1 saturated carbocycles. The molecule has 1 heteroatoms. The molecule has 1 rings (SSSR count). The van der Waals surface area contributed by atoms with Crippen molar-refractivity contribution >= 4 is 0 Å². The summed E-state index contributed by atoms with van der Waals surface area (Å²) in [4.78, 5) is 0. The molecular weight excluding hydrogens is 233 g/mol. The van der Waals surface area contributed by atoms with Gasteiger partial charge < -0.3 is 13.8 Å². The molecule has 1 fully saturated rings. The minimum atomic E-state index is 0. The largest absolute Gasteiger partial charge is 0.345 e. The van der Waals surface area contributed by atoms with E-state index in [0.29, 0.717) is 5.41 Å². The molecule has 0 unspecified atom stereocenters. The van der Waals surface area contributed by atoms with Crippen LogP contribution in [0.5, 0.6) is 0 Å². The van der Waals surface area contributed by atoms with Gasteiger partial charge in [0, 0.05) is 32.7 Å². The van der Waals surface area contributed by atoms with E-state index in [4.69, 9.17) is 0 Å². The summed E-state index contributed by atoms with van der Waals surface area (Å²) in [5.41, 5.74) is 0.375. The summed E-state index contributed by atoms with van der Waals surface area (Å²) in [5, 5.41) is 0. The van der Waals surface area contributed by atoms with Crippen LogP contribution in [0.1, 0.15) is 52.9 Å². The van der Waals surface area contributed by atoms with Gasteiger partial charge in [-0.15, -0.1) is 0 Å². The van der Waals surface area contributed by atoms with Crippen LogP contribution in [0.25, 0.3) is 0 Å². The summed E-state index contributed by atoms with van der Waals surface area (Å²) in [6, 6.07) is 0. The maximum absolute atomic E-state index is 4.12. The van der Waals surface area contributed by atoms with Crippen LogP contribution in [0.3, 0.4) is 0 Å². The van der Waals surface area contributed by atoms with Crippen molar-refractivity contribution in [1.29, 1.82) is 0 Å². The molecule has 0 amide bonds. The molecule has 0 heterocycles. The van der Waals surface area contributed by atoms with Crippen molar-refractivity contribution in [3.8, 4) is 0 Å². The Morgan fingerprint density at radius 3 is 1.62 bits per heavy atom. The standard InChI is InChI=1S/C8H14.C4H10.Y/c1-3-8(2)6-4-5-7-8;1-4(2)3;/h1-7H2;4H,1-3H3;/q-2;;. The van der Waals surface area contributed by atoms with Gasteiger partial charge in [-0.3, -0.25) is 0 Å². The molecule has 1 aliphatic rings. The Hall–Kier alpha value is 1.10. The van der Waals surface area contributed by atoms with Crippen molar-refractivity contribution in [3.63, 3.8) is 0 Å². The van der Waals surface area contributed by atoms with Gasteiger partial charge in [0.2, 0.25) is 0 Å². The Balaban J connectivity index is 0. The quantitative estimate of drug-likeness (QED) is 0.615. The Bertz CT molecular complexity index is 98.9. The average molecular weight is 257 g/mol. The zero-order valence-electron chi connectivity index (χ0n) is 9.60. The molecule has 0 aromatic rings. The van der Waals surface area contributed by atoms with Crippen LogP contribution in [0.2, 0.25) is 0 Å². The predicted molar refractivity (Wildman–Crippen MR) is 56.7 cm³/mol. The minimum Gasteiger partial charge on any atom is -0.345 e. The molecule has 0 saturated heterocycles. The molecule has 0 spiro atoms. The maximum Gasteiger partial charge on any atom is 0 e. The molecule has 0 aromatic carbocycles. The van der Waals surface area contributed by atoms with E-state index in [2.05, 4.69) is 34.6 Å². The number of hydrogen-bond donors (Lipinski definition) is 0. The Labute approximate surface area is 110 Å². The summed E-state index contributed by atoms with van der Waals surface area (Å²) in [7, 11) is 0. The fraction of sp³-hybridized carbons (Fsp3) is 0.833. The molecule has 0 aliphatic heterocycles. The van der Waals surface area contributed by atoms with Crippen LogP contribution in [0.15, 0.2) is 0 Å². The molecular formula is C12H24Y-2. The minimum absolute atomic E-state index is 0. The van der Waals surface area contributed by atoms with Crippen LogP contribution in [-0.4, -0.2) is 0 Å². The first kappa shape index (κ1) is 16.5. The summed E-state index contributed by atoms with van der Waals surface area (Å²) < 4.78 is 0. The zero-order valence-corrected chi connectivity index (χ0v) is 12.4. The van der Waals surface area contributed by atoms with Crippen molar-refractivity contribution in [3.05, 3.63) is 13.8 Å². The fourth-order valence-corrected chi connectivity index (χ4v) is 1.37. The van der Waals surface area contributed by atoms with E-state index in [1.165, 1.54) is 25.7 Å². The summed E-state index contributed by atoms with van der Waals surface area (Å²) in [5.74, 6) is 0.833. The summed E-state index contributed by atoms with van der Waals surface area (Å²) >= 11 is 0. The Morgan fingerprint density at radius 2 is 1.46 bits per heavy atom. The van der Waals surface area contributed by atoms with E-state index >= 15 is 0 Å². The van der Waals surface area contributed by atoms with Gasteiger partial charge in [-0.2, -0.15) is 5.41 Å². The molecule has 0 atom stereocenters. The molecule has 0 bridgehead atoms. The van der Waals surface area contributed by atoms with Gasteiger partial charge in [0.25, 0.3) is 0 Å². The summed E-state index contributed by atoms with van der Waals surface area (Å²) in [6.45, 7) is 14.5. The first-order chi connectivity index (χ1) is 5.50. The van der Waals surface area contributed by atoms with Crippen LogP contribution < -0.4 is 0 Å². The molecule has 0 N–H and O–H groups in total. The summed E-state index contributed by atoms with van der Waals surface area (Å²) in [6.07, 6.45) is 6.37. The molecule has 77 valence electrons. The van der Waals surface area contributed by atoms with Gasteiger partial charge in [0.15, 0.2) is 0 Å². The van der Waals surface area contributed by atoms with Crippen LogP contribution in [0.4, 0.5) is 0 Å². The van der Waals surface area contributed by atoms with Gasteiger partial charge in [-0.1, -0.05) is 46.5 Å². The first-order valence-corrected chi connectivity index (χ1v) is 5.15. The second-order valence-electron chi connectivity index (χ2n) is 4.69. The molecule has 0 nitrogen and oxygen atoms in total. The normalized spacial score (nSPS) is 18.9. The van der Waals surface area contributed by atoms with E-state index < -0.39 is 0 Å². The van der Waals surface area contributed by atoms with E-state index in [-0.39, 0.29) is 32.7 Å². The third kappa shape index (κ3) is 9.41. The van der Waals surface area contributed by atoms with Gasteiger partial charge >= 0.3 is 0 Å². The van der Waals surface area contributed by atoms with E-state index in [1.54, 1.807) is 0 Å². The van der Waals surface area contributed by atoms with Gasteiger partial charge in [0.1, 0.15) is 0 Å². The molecule has 1 radical (unpaired) electrons. The first-order valence-electron chi connectivity index (χ1n) is 5.15. The molecule has 1 aliphatic carbocycles. The fourth-order valence-electron chi connectivity index (χ4n) is 1.37. The third-order valence-electron chi connectivity index (χ3n) is 2.19. The molecule has 0 aromatic heterocycles.